The Kier molecular flexibility index (Phi) is 7.60. The van der Waals surface area contributed by atoms with Crippen LogP contribution in [0.4, 0.5) is 17.3 Å². The molecule has 2 N–H and O–H groups in total. The molecule has 1 amide bonds. The number of hydrogen-bond donors (Lipinski definition) is 2. The molecule has 3 rings (SSSR count). The first-order chi connectivity index (χ1) is 16.4. The number of rotatable bonds is 9. The molecular weight excluding hydrogens is 494 g/mol. The van der Waals surface area contributed by atoms with Crippen molar-refractivity contribution in [1.29, 1.82) is 0 Å². The van der Waals surface area contributed by atoms with Crippen LogP contribution in [0.15, 0.2) is 65.7 Å². The fourth-order valence-corrected chi connectivity index (χ4v) is 5.31. The van der Waals surface area contributed by atoms with E-state index < -0.39 is 32.0 Å². The average Bonchev–Trinajstić information content (AvgIpc) is 2.79. The topological polar surface area (TPSA) is 148 Å². The van der Waals surface area contributed by atoms with Crippen molar-refractivity contribution in [3.8, 4) is 5.75 Å². The van der Waals surface area contributed by atoms with Crippen LogP contribution >= 0.6 is 0 Å². The van der Waals surface area contributed by atoms with Gasteiger partial charge in [0.2, 0.25) is 21.9 Å². The summed E-state index contributed by atoms with van der Waals surface area (Å²) in [6, 6.07) is 12.2. The Morgan fingerprint density at radius 2 is 1.63 bits per heavy atom. The molecule has 35 heavy (non-hydrogen) atoms. The van der Waals surface area contributed by atoms with Crippen LogP contribution in [0.5, 0.6) is 5.75 Å². The summed E-state index contributed by atoms with van der Waals surface area (Å²) >= 11 is 0. The number of carbonyl (C=O) groups excluding carboxylic acids is 1. The van der Waals surface area contributed by atoms with Gasteiger partial charge in [0.1, 0.15) is 11.8 Å². The maximum atomic E-state index is 12.9. The first-order valence-electron chi connectivity index (χ1n) is 10.3. The van der Waals surface area contributed by atoms with Gasteiger partial charge >= 0.3 is 0 Å². The van der Waals surface area contributed by atoms with Gasteiger partial charge in [0, 0.05) is 17.6 Å². The van der Waals surface area contributed by atoms with E-state index in [1.54, 1.807) is 25.1 Å². The lowest BCUT2D eigenvalue weighted by Gasteiger charge is -2.28. The van der Waals surface area contributed by atoms with Crippen LogP contribution < -0.4 is 19.1 Å². The number of sulfonamides is 2. The molecule has 0 aliphatic carbocycles. The number of hydrogen-bond acceptors (Lipinski definition) is 8. The number of carbonyl (C=O) groups is 1. The van der Waals surface area contributed by atoms with Gasteiger partial charge in [0.25, 0.3) is 10.0 Å². The summed E-state index contributed by atoms with van der Waals surface area (Å²) in [4.78, 5) is 20.7. The third-order valence-electron chi connectivity index (χ3n) is 4.87. The summed E-state index contributed by atoms with van der Waals surface area (Å²) < 4.78 is 58.5. The highest BCUT2D eigenvalue weighted by Crippen LogP contribution is 2.24. The van der Waals surface area contributed by atoms with E-state index in [9.17, 15) is 21.6 Å². The molecule has 0 fully saturated rings. The number of anilines is 3. The van der Waals surface area contributed by atoms with Gasteiger partial charge in [0.15, 0.2) is 0 Å². The quantitative estimate of drug-likeness (QED) is 0.438. The Morgan fingerprint density at radius 1 is 1.00 bits per heavy atom. The molecule has 0 saturated carbocycles. The minimum atomic E-state index is -3.95. The van der Waals surface area contributed by atoms with E-state index in [1.165, 1.54) is 56.6 Å². The molecule has 13 heteroatoms. The van der Waals surface area contributed by atoms with E-state index in [-0.39, 0.29) is 16.5 Å². The highest BCUT2D eigenvalue weighted by atomic mass is 32.2. The van der Waals surface area contributed by atoms with E-state index in [0.717, 1.165) is 10.6 Å². The molecule has 186 valence electrons. The monoisotopic (exact) mass is 519 g/mol. The third kappa shape index (κ3) is 6.45. The van der Waals surface area contributed by atoms with Crippen LogP contribution in [-0.2, 0) is 24.8 Å². The lowest BCUT2D eigenvalue weighted by Crippen LogP contribution is -2.45. The second kappa shape index (κ2) is 10.3. The van der Waals surface area contributed by atoms with Gasteiger partial charge in [-0.1, -0.05) is 0 Å². The molecule has 0 unspecified atom stereocenters. The Hall–Kier alpha value is -3.71. The van der Waals surface area contributed by atoms with E-state index in [1.807, 2.05) is 0 Å². The molecule has 0 spiro atoms. The molecule has 1 atom stereocenters. The molecule has 1 heterocycles. The van der Waals surface area contributed by atoms with Gasteiger partial charge in [-0.25, -0.2) is 31.5 Å². The first kappa shape index (κ1) is 25.9. The highest BCUT2D eigenvalue weighted by Gasteiger charge is 2.29. The Labute approximate surface area is 204 Å². The minimum Gasteiger partial charge on any atom is -0.497 e. The van der Waals surface area contributed by atoms with Crippen LogP contribution in [-0.4, -0.2) is 52.1 Å². The van der Waals surface area contributed by atoms with Crippen molar-refractivity contribution in [3.05, 3.63) is 66.5 Å². The number of aryl methyl sites for hydroxylation is 1. The number of methoxy groups -OCH3 is 1. The summed E-state index contributed by atoms with van der Waals surface area (Å²) in [5.41, 5.74) is 1.18. The number of nitrogens with zero attached hydrogens (tertiary/aromatic N) is 3. The van der Waals surface area contributed by atoms with Gasteiger partial charge in [0.05, 0.1) is 23.9 Å². The van der Waals surface area contributed by atoms with E-state index in [4.69, 9.17) is 4.74 Å². The predicted molar refractivity (Wildman–Crippen MR) is 132 cm³/mol. The van der Waals surface area contributed by atoms with Crippen molar-refractivity contribution in [2.45, 2.75) is 24.8 Å². The number of ether oxygens (including phenoxy) is 1. The summed E-state index contributed by atoms with van der Waals surface area (Å²) in [6.45, 7) is 3.16. The van der Waals surface area contributed by atoms with Crippen molar-refractivity contribution in [2.24, 2.45) is 0 Å². The first-order valence-corrected chi connectivity index (χ1v) is 13.6. The SMILES string of the molecule is COc1ccc(N([C@H](C)C(=O)Nc2ccc(S(=O)(=O)Nc3nccc(C)n3)cc2)S(C)(=O)=O)cc1. The maximum Gasteiger partial charge on any atom is 0.264 e. The van der Waals surface area contributed by atoms with Crippen LogP contribution in [0.3, 0.4) is 0 Å². The van der Waals surface area contributed by atoms with Crippen molar-refractivity contribution >= 4 is 43.3 Å². The van der Waals surface area contributed by atoms with Gasteiger partial charge in [-0.05, 0) is 68.4 Å². The Morgan fingerprint density at radius 3 is 2.17 bits per heavy atom. The van der Waals surface area contributed by atoms with Crippen molar-refractivity contribution in [2.75, 3.05) is 27.7 Å². The second-order valence-corrected chi connectivity index (χ2v) is 11.1. The van der Waals surface area contributed by atoms with Gasteiger partial charge < -0.3 is 10.1 Å². The van der Waals surface area contributed by atoms with Crippen molar-refractivity contribution < 1.29 is 26.4 Å². The van der Waals surface area contributed by atoms with Gasteiger partial charge in [-0.3, -0.25) is 9.10 Å². The summed E-state index contributed by atoms with van der Waals surface area (Å²) in [6.07, 6.45) is 2.44. The average molecular weight is 520 g/mol. The molecule has 0 aliphatic rings. The molecule has 0 aliphatic heterocycles. The largest absolute Gasteiger partial charge is 0.497 e. The summed E-state index contributed by atoms with van der Waals surface area (Å²) in [5.74, 6) is -0.124. The molecule has 0 bridgehead atoms. The smallest absolute Gasteiger partial charge is 0.264 e. The molecule has 0 saturated heterocycles. The molecule has 0 radical (unpaired) electrons. The van der Waals surface area contributed by atoms with Gasteiger partial charge in [-0.2, -0.15) is 0 Å². The highest BCUT2D eigenvalue weighted by molar-refractivity contribution is 7.92. The fourth-order valence-electron chi connectivity index (χ4n) is 3.18. The maximum absolute atomic E-state index is 12.9. The zero-order valence-corrected chi connectivity index (χ0v) is 21.1. The van der Waals surface area contributed by atoms with Crippen LogP contribution in [0, 0.1) is 6.92 Å². The van der Waals surface area contributed by atoms with E-state index in [2.05, 4.69) is 20.0 Å². The van der Waals surface area contributed by atoms with E-state index >= 15 is 0 Å². The number of aromatic nitrogens is 2. The van der Waals surface area contributed by atoms with Crippen molar-refractivity contribution in [1.82, 2.24) is 9.97 Å². The number of benzene rings is 2. The predicted octanol–water partition coefficient (Wildman–Crippen LogP) is 2.39. The van der Waals surface area contributed by atoms with Crippen LogP contribution in [0.25, 0.3) is 0 Å². The molecule has 1 aromatic heterocycles. The standard InChI is InChI=1S/C22H25N5O6S2/c1-15-13-14-23-22(24-15)26-35(31,32)20-11-5-17(6-12-20)25-21(28)16(2)27(34(4,29)30)18-7-9-19(33-3)10-8-18/h5-14,16H,1-4H3,(H,25,28)(H,23,24,26)/t16-/m1/s1. The van der Waals surface area contributed by atoms with E-state index in [0.29, 0.717) is 17.1 Å². The van der Waals surface area contributed by atoms with Crippen LogP contribution in [0.1, 0.15) is 12.6 Å². The number of nitrogens with one attached hydrogen (secondary N) is 2. The zero-order chi connectivity index (χ0) is 25.8. The molecule has 2 aromatic carbocycles. The summed E-state index contributed by atoms with van der Waals surface area (Å²) in [7, 11) is -6.26. The van der Waals surface area contributed by atoms with Crippen molar-refractivity contribution in [3.63, 3.8) is 0 Å². The third-order valence-corrected chi connectivity index (χ3v) is 7.45. The lowest BCUT2D eigenvalue weighted by molar-refractivity contribution is -0.116. The molecule has 3 aromatic rings. The van der Waals surface area contributed by atoms with Gasteiger partial charge in [-0.15, -0.1) is 0 Å². The lowest BCUT2D eigenvalue weighted by atomic mass is 10.2. The number of amides is 1. The second-order valence-electron chi connectivity index (χ2n) is 7.57. The Bertz CT molecular complexity index is 1410. The zero-order valence-electron chi connectivity index (χ0n) is 19.5. The normalized spacial score (nSPS) is 12.5. The minimum absolute atomic E-state index is 0.0596. The van der Waals surface area contributed by atoms with Crippen LogP contribution in [0.2, 0.25) is 0 Å². The molecular formula is C22H25N5O6S2. The Balaban J connectivity index is 1.76. The summed E-state index contributed by atoms with van der Waals surface area (Å²) in [5, 5.41) is 2.61. The fraction of sp³-hybridized carbons (Fsp3) is 0.227. The molecule has 11 nitrogen and oxygen atoms in total.